The Balaban J connectivity index is 1.32. The Morgan fingerprint density at radius 1 is 1.16 bits per heavy atom. The SMILES string of the molecule is C#Cc1cccc2sc(C(C)(C)NC(=O)Nc3ccc4c(n3)C(=O)N(C3CCC(=O)NC3=O)C4=O)nc12. The van der Waals surface area contributed by atoms with Gasteiger partial charge in [-0.05, 0) is 44.5 Å². The number of rotatable bonds is 4. The molecular formula is C25H20N6O5S. The number of aromatic nitrogens is 2. The van der Waals surface area contributed by atoms with Crippen LogP contribution in [-0.4, -0.2) is 50.6 Å². The summed E-state index contributed by atoms with van der Waals surface area (Å²) >= 11 is 1.41. The molecule has 0 saturated carbocycles. The first kappa shape index (κ1) is 24.1. The number of hydrogen-bond acceptors (Lipinski definition) is 8. The minimum absolute atomic E-state index is 0.0126. The van der Waals surface area contributed by atoms with Gasteiger partial charge >= 0.3 is 6.03 Å². The van der Waals surface area contributed by atoms with E-state index in [4.69, 9.17) is 6.42 Å². The summed E-state index contributed by atoms with van der Waals surface area (Å²) in [5, 5.41) is 8.19. The van der Waals surface area contributed by atoms with E-state index in [-0.39, 0.29) is 29.9 Å². The molecule has 1 fully saturated rings. The largest absolute Gasteiger partial charge is 0.326 e. The highest BCUT2D eigenvalue weighted by Gasteiger charge is 2.45. The van der Waals surface area contributed by atoms with Crippen molar-refractivity contribution >= 4 is 57.0 Å². The quantitative estimate of drug-likeness (QED) is 0.355. The number of thiazole rings is 1. The maximum Gasteiger partial charge on any atom is 0.321 e. The summed E-state index contributed by atoms with van der Waals surface area (Å²) in [6, 6.07) is 6.60. The Kier molecular flexibility index (Phi) is 5.72. The standard InChI is InChI=1S/C25H20N6O5S/c1-4-12-6-5-7-15-18(12)29-23(37-15)25(2,3)30-24(36)27-16-10-8-13-19(26-16)22(35)31(21(13)34)14-9-11-17(32)28-20(14)33/h1,5-8,10,14H,9,11H2,2-3H3,(H,28,32,33)(H2,26,27,30,36). The lowest BCUT2D eigenvalue weighted by Crippen LogP contribution is -2.54. The lowest BCUT2D eigenvalue weighted by molar-refractivity contribution is -0.136. The number of amides is 6. The number of fused-ring (bicyclic) bond motifs is 2. The summed E-state index contributed by atoms with van der Waals surface area (Å²) in [6.45, 7) is 3.58. The second kappa shape index (κ2) is 8.79. The molecular weight excluding hydrogens is 496 g/mol. The van der Waals surface area contributed by atoms with Crippen LogP contribution in [0.25, 0.3) is 10.2 Å². The topological polar surface area (TPSA) is 150 Å². The van der Waals surface area contributed by atoms with E-state index in [1.165, 1.54) is 23.5 Å². The third-order valence-corrected chi connectivity index (χ3v) is 7.41. The fourth-order valence-electron chi connectivity index (χ4n) is 4.23. The van der Waals surface area contributed by atoms with Crippen LogP contribution in [0.2, 0.25) is 0 Å². The number of para-hydroxylation sites is 1. The molecule has 2 aliphatic heterocycles. The van der Waals surface area contributed by atoms with E-state index < -0.39 is 41.2 Å². The van der Waals surface area contributed by atoms with Crippen LogP contribution in [0.3, 0.4) is 0 Å². The van der Waals surface area contributed by atoms with E-state index in [1.807, 2.05) is 12.1 Å². The Morgan fingerprint density at radius 2 is 1.95 bits per heavy atom. The smallest absolute Gasteiger partial charge is 0.321 e. The molecule has 0 radical (unpaired) electrons. The van der Waals surface area contributed by atoms with E-state index >= 15 is 0 Å². The molecule has 3 aromatic rings. The second-order valence-corrected chi connectivity index (χ2v) is 10.1. The van der Waals surface area contributed by atoms with Gasteiger partial charge in [-0.25, -0.2) is 14.8 Å². The molecule has 11 nitrogen and oxygen atoms in total. The van der Waals surface area contributed by atoms with Gasteiger partial charge in [0.2, 0.25) is 11.8 Å². The Labute approximate surface area is 214 Å². The monoisotopic (exact) mass is 516 g/mol. The number of anilines is 1. The van der Waals surface area contributed by atoms with E-state index in [0.29, 0.717) is 16.1 Å². The van der Waals surface area contributed by atoms with Gasteiger partial charge in [0.05, 0.1) is 26.9 Å². The minimum Gasteiger partial charge on any atom is -0.326 e. The predicted octanol–water partition coefficient (Wildman–Crippen LogP) is 2.13. The summed E-state index contributed by atoms with van der Waals surface area (Å²) < 4.78 is 0.893. The Hall–Kier alpha value is -4.63. The van der Waals surface area contributed by atoms with Crippen LogP contribution in [0, 0.1) is 12.3 Å². The van der Waals surface area contributed by atoms with Crippen molar-refractivity contribution in [2.45, 2.75) is 38.3 Å². The van der Waals surface area contributed by atoms with Crippen LogP contribution >= 0.6 is 11.3 Å². The molecule has 1 atom stereocenters. The first-order valence-corrected chi connectivity index (χ1v) is 12.1. The number of hydrogen-bond donors (Lipinski definition) is 3. The van der Waals surface area contributed by atoms with E-state index in [1.54, 1.807) is 19.9 Å². The summed E-state index contributed by atoms with van der Waals surface area (Å²) in [5.74, 6) is 0.0290. The number of nitrogens with one attached hydrogen (secondary N) is 3. The number of urea groups is 1. The maximum absolute atomic E-state index is 13.0. The predicted molar refractivity (Wildman–Crippen MR) is 134 cm³/mol. The van der Waals surface area contributed by atoms with Crippen molar-refractivity contribution < 1.29 is 24.0 Å². The molecule has 2 aromatic heterocycles. The molecule has 2 aliphatic rings. The number of carbonyl (C=O) groups excluding carboxylic acids is 5. The van der Waals surface area contributed by atoms with Crippen molar-refractivity contribution in [1.29, 1.82) is 0 Å². The molecule has 12 heteroatoms. The fourth-order valence-corrected chi connectivity index (χ4v) is 5.28. The van der Waals surface area contributed by atoms with Crippen molar-refractivity contribution in [3.8, 4) is 12.3 Å². The van der Waals surface area contributed by atoms with Crippen molar-refractivity contribution in [3.63, 3.8) is 0 Å². The molecule has 0 spiro atoms. The Bertz CT molecular complexity index is 1570. The van der Waals surface area contributed by atoms with E-state index in [0.717, 1.165) is 9.60 Å². The van der Waals surface area contributed by atoms with Crippen molar-refractivity contribution in [3.05, 3.63) is 52.2 Å². The highest BCUT2D eigenvalue weighted by molar-refractivity contribution is 7.18. The first-order valence-electron chi connectivity index (χ1n) is 11.3. The van der Waals surface area contributed by atoms with Crippen molar-refractivity contribution in [2.75, 3.05) is 5.32 Å². The van der Waals surface area contributed by atoms with Gasteiger partial charge in [-0.2, -0.15) is 0 Å². The van der Waals surface area contributed by atoms with Gasteiger partial charge in [0.1, 0.15) is 22.6 Å². The third kappa shape index (κ3) is 4.19. The fraction of sp³-hybridized carbons (Fsp3) is 0.240. The van der Waals surface area contributed by atoms with Gasteiger partial charge in [-0.15, -0.1) is 17.8 Å². The zero-order valence-corrected chi connectivity index (χ0v) is 20.6. The van der Waals surface area contributed by atoms with Gasteiger partial charge in [0, 0.05) is 6.42 Å². The molecule has 5 rings (SSSR count). The third-order valence-electron chi connectivity index (χ3n) is 6.06. The number of piperidine rings is 1. The number of pyridine rings is 1. The van der Waals surface area contributed by atoms with Crippen LogP contribution in [0.4, 0.5) is 10.6 Å². The van der Waals surface area contributed by atoms with Gasteiger partial charge < -0.3 is 5.32 Å². The highest BCUT2D eigenvalue weighted by Crippen LogP contribution is 2.32. The van der Waals surface area contributed by atoms with Gasteiger partial charge in [0.25, 0.3) is 11.8 Å². The molecule has 1 saturated heterocycles. The minimum atomic E-state index is -1.10. The van der Waals surface area contributed by atoms with E-state index in [9.17, 15) is 24.0 Å². The zero-order chi connectivity index (χ0) is 26.5. The summed E-state index contributed by atoms with van der Waals surface area (Å²) in [4.78, 5) is 71.8. The highest BCUT2D eigenvalue weighted by atomic mass is 32.1. The average molecular weight is 517 g/mol. The van der Waals surface area contributed by atoms with Crippen molar-refractivity contribution in [2.24, 2.45) is 0 Å². The normalized spacial score (nSPS) is 17.4. The van der Waals surface area contributed by atoms with Gasteiger partial charge in [-0.3, -0.25) is 34.7 Å². The number of terminal acetylenes is 1. The summed E-state index contributed by atoms with van der Waals surface area (Å²) in [6.07, 6.45) is 5.62. The maximum atomic E-state index is 13.0. The molecule has 3 N–H and O–H groups in total. The average Bonchev–Trinajstić information content (AvgIpc) is 3.39. The second-order valence-electron chi connectivity index (χ2n) is 9.06. The number of nitrogens with zero attached hydrogens (tertiary/aromatic N) is 3. The van der Waals surface area contributed by atoms with Crippen LogP contribution in [0.5, 0.6) is 0 Å². The molecule has 186 valence electrons. The number of imide groups is 2. The van der Waals surface area contributed by atoms with Crippen LogP contribution in [0.15, 0.2) is 30.3 Å². The summed E-state index contributed by atoms with van der Waals surface area (Å²) in [7, 11) is 0. The Morgan fingerprint density at radius 3 is 2.68 bits per heavy atom. The molecule has 4 heterocycles. The van der Waals surface area contributed by atoms with Crippen LogP contribution in [0.1, 0.15) is 58.1 Å². The molecule has 0 aliphatic carbocycles. The molecule has 6 amide bonds. The first-order chi connectivity index (χ1) is 17.6. The van der Waals surface area contributed by atoms with Crippen LogP contribution in [-0.2, 0) is 15.1 Å². The van der Waals surface area contributed by atoms with Crippen molar-refractivity contribution in [1.82, 2.24) is 25.5 Å². The molecule has 1 aromatic carbocycles. The molecule has 1 unspecified atom stereocenters. The zero-order valence-electron chi connectivity index (χ0n) is 19.7. The van der Waals surface area contributed by atoms with Gasteiger partial charge in [0.15, 0.2) is 0 Å². The lowest BCUT2D eigenvalue weighted by Gasteiger charge is -2.27. The molecule has 37 heavy (non-hydrogen) atoms. The van der Waals surface area contributed by atoms with Crippen LogP contribution < -0.4 is 16.0 Å². The number of benzene rings is 1. The summed E-state index contributed by atoms with van der Waals surface area (Å²) in [5.41, 5.74) is 0.307. The van der Waals surface area contributed by atoms with E-state index in [2.05, 4.69) is 31.8 Å². The van der Waals surface area contributed by atoms with Gasteiger partial charge in [-0.1, -0.05) is 12.0 Å². The number of carbonyl (C=O) groups is 5. The lowest BCUT2D eigenvalue weighted by atomic mass is 10.0. The molecule has 0 bridgehead atoms.